The molecule has 5 nitrogen and oxygen atoms in total. The van der Waals surface area contributed by atoms with Crippen LogP contribution in [0.2, 0.25) is 0 Å². The SMILES string of the molecule is CCNC(=NCc1cccc(C)c1)NCCCS(=O)(=O)c1ccccc1. The molecule has 0 aliphatic carbocycles. The van der Waals surface area contributed by atoms with Crippen molar-refractivity contribution < 1.29 is 8.42 Å². The Morgan fingerprint density at radius 3 is 2.50 bits per heavy atom. The molecule has 0 spiro atoms. The summed E-state index contributed by atoms with van der Waals surface area (Å²) in [5, 5.41) is 6.39. The summed E-state index contributed by atoms with van der Waals surface area (Å²) in [6.07, 6.45) is 0.520. The van der Waals surface area contributed by atoms with Gasteiger partial charge in [0.1, 0.15) is 0 Å². The molecule has 2 aromatic carbocycles. The van der Waals surface area contributed by atoms with Gasteiger partial charge in [0.2, 0.25) is 0 Å². The molecular weight excluding hydrogens is 346 g/mol. The van der Waals surface area contributed by atoms with Crippen LogP contribution in [-0.4, -0.2) is 33.2 Å². The molecule has 2 rings (SSSR count). The third-order valence-corrected chi connectivity index (χ3v) is 5.65. The number of hydrogen-bond donors (Lipinski definition) is 2. The van der Waals surface area contributed by atoms with Crippen LogP contribution in [0.25, 0.3) is 0 Å². The molecule has 0 heterocycles. The molecule has 0 aliphatic heterocycles. The van der Waals surface area contributed by atoms with E-state index in [9.17, 15) is 8.42 Å². The van der Waals surface area contributed by atoms with Gasteiger partial charge in [-0.15, -0.1) is 0 Å². The summed E-state index contributed by atoms with van der Waals surface area (Å²) in [6, 6.07) is 16.8. The molecule has 2 aromatic rings. The molecule has 0 saturated heterocycles. The van der Waals surface area contributed by atoms with Crippen LogP contribution < -0.4 is 10.6 Å². The first kappa shape index (κ1) is 20.0. The van der Waals surface area contributed by atoms with Crippen molar-refractivity contribution >= 4 is 15.8 Å². The van der Waals surface area contributed by atoms with Crippen LogP contribution in [0.4, 0.5) is 0 Å². The molecule has 0 radical (unpaired) electrons. The minimum atomic E-state index is -3.23. The van der Waals surface area contributed by atoms with Gasteiger partial charge in [-0.3, -0.25) is 0 Å². The highest BCUT2D eigenvalue weighted by molar-refractivity contribution is 7.91. The summed E-state index contributed by atoms with van der Waals surface area (Å²) >= 11 is 0. The van der Waals surface area contributed by atoms with Crippen LogP contribution in [0.15, 0.2) is 64.5 Å². The lowest BCUT2D eigenvalue weighted by Crippen LogP contribution is -2.38. The van der Waals surface area contributed by atoms with Crippen molar-refractivity contribution in [3.05, 3.63) is 65.7 Å². The van der Waals surface area contributed by atoms with Crippen molar-refractivity contribution in [2.24, 2.45) is 4.99 Å². The first-order chi connectivity index (χ1) is 12.5. The molecule has 140 valence electrons. The predicted molar refractivity (Wildman–Crippen MR) is 107 cm³/mol. The predicted octanol–water partition coefficient (Wildman–Crippen LogP) is 2.91. The number of sulfone groups is 1. The fourth-order valence-electron chi connectivity index (χ4n) is 2.54. The third-order valence-electron chi connectivity index (χ3n) is 3.83. The zero-order valence-electron chi connectivity index (χ0n) is 15.4. The van der Waals surface area contributed by atoms with E-state index in [0.29, 0.717) is 30.4 Å². The number of guanidine groups is 1. The monoisotopic (exact) mass is 373 g/mol. The smallest absolute Gasteiger partial charge is 0.191 e. The second-order valence-corrected chi connectivity index (χ2v) is 8.21. The topological polar surface area (TPSA) is 70.6 Å². The Morgan fingerprint density at radius 2 is 1.81 bits per heavy atom. The van der Waals surface area contributed by atoms with E-state index in [-0.39, 0.29) is 5.75 Å². The molecule has 0 bridgehead atoms. The van der Waals surface area contributed by atoms with Crippen LogP contribution in [-0.2, 0) is 16.4 Å². The Bertz CT molecular complexity index is 818. The normalized spacial score (nSPS) is 12.0. The number of nitrogens with zero attached hydrogens (tertiary/aromatic N) is 1. The fourth-order valence-corrected chi connectivity index (χ4v) is 3.87. The second-order valence-electron chi connectivity index (χ2n) is 6.10. The number of aliphatic imine (C=N–C) groups is 1. The van der Waals surface area contributed by atoms with Crippen molar-refractivity contribution in [2.75, 3.05) is 18.8 Å². The van der Waals surface area contributed by atoms with E-state index in [2.05, 4.69) is 34.7 Å². The van der Waals surface area contributed by atoms with Gasteiger partial charge in [0.25, 0.3) is 0 Å². The van der Waals surface area contributed by atoms with Crippen molar-refractivity contribution in [1.29, 1.82) is 0 Å². The minimum Gasteiger partial charge on any atom is -0.357 e. The van der Waals surface area contributed by atoms with Crippen molar-refractivity contribution in [3.8, 4) is 0 Å². The lowest BCUT2D eigenvalue weighted by molar-refractivity contribution is 0.592. The first-order valence-corrected chi connectivity index (χ1v) is 10.5. The molecule has 6 heteroatoms. The van der Waals surface area contributed by atoms with E-state index in [1.807, 2.05) is 25.1 Å². The zero-order valence-corrected chi connectivity index (χ0v) is 16.2. The van der Waals surface area contributed by atoms with E-state index in [1.165, 1.54) is 5.56 Å². The minimum absolute atomic E-state index is 0.112. The Labute approximate surface area is 156 Å². The first-order valence-electron chi connectivity index (χ1n) is 8.87. The molecule has 0 aromatic heterocycles. The Morgan fingerprint density at radius 1 is 1.04 bits per heavy atom. The Balaban J connectivity index is 1.85. The quantitative estimate of drug-likeness (QED) is 0.424. The van der Waals surface area contributed by atoms with E-state index in [1.54, 1.807) is 24.3 Å². The number of aryl methyl sites for hydroxylation is 1. The van der Waals surface area contributed by atoms with Gasteiger partial charge in [0, 0.05) is 13.1 Å². The molecule has 0 unspecified atom stereocenters. The Hall–Kier alpha value is -2.34. The van der Waals surface area contributed by atoms with Crippen LogP contribution in [0, 0.1) is 6.92 Å². The average molecular weight is 374 g/mol. The molecule has 0 atom stereocenters. The number of benzene rings is 2. The van der Waals surface area contributed by atoms with E-state index >= 15 is 0 Å². The number of rotatable bonds is 8. The van der Waals surface area contributed by atoms with Gasteiger partial charge in [-0.25, -0.2) is 13.4 Å². The van der Waals surface area contributed by atoms with Gasteiger partial charge < -0.3 is 10.6 Å². The summed E-state index contributed by atoms with van der Waals surface area (Å²) in [4.78, 5) is 4.94. The van der Waals surface area contributed by atoms with Gasteiger partial charge in [-0.05, 0) is 38.0 Å². The van der Waals surface area contributed by atoms with Gasteiger partial charge in [0.15, 0.2) is 15.8 Å². The summed E-state index contributed by atoms with van der Waals surface area (Å²) in [5.74, 6) is 0.813. The number of nitrogens with one attached hydrogen (secondary N) is 2. The van der Waals surface area contributed by atoms with E-state index in [0.717, 1.165) is 12.1 Å². The van der Waals surface area contributed by atoms with E-state index in [4.69, 9.17) is 0 Å². The number of hydrogen-bond acceptors (Lipinski definition) is 3. The largest absolute Gasteiger partial charge is 0.357 e. The molecule has 0 aliphatic rings. The van der Waals surface area contributed by atoms with Crippen molar-refractivity contribution in [3.63, 3.8) is 0 Å². The third kappa shape index (κ3) is 6.52. The highest BCUT2D eigenvalue weighted by Crippen LogP contribution is 2.10. The fraction of sp³-hybridized carbons (Fsp3) is 0.350. The average Bonchev–Trinajstić information content (AvgIpc) is 2.64. The van der Waals surface area contributed by atoms with E-state index < -0.39 is 9.84 Å². The lowest BCUT2D eigenvalue weighted by atomic mass is 10.1. The summed E-state index contributed by atoms with van der Waals surface area (Å²) in [5.41, 5.74) is 2.36. The standard InChI is InChI=1S/C20H27N3O2S/c1-3-21-20(23-16-18-10-7-9-17(2)15-18)22-13-8-14-26(24,25)19-11-5-4-6-12-19/h4-7,9-12,15H,3,8,13-14,16H2,1-2H3,(H2,21,22,23). The van der Waals surface area contributed by atoms with Crippen molar-refractivity contribution in [2.45, 2.75) is 31.7 Å². The molecule has 0 fully saturated rings. The zero-order chi connectivity index (χ0) is 18.8. The van der Waals surface area contributed by atoms with Gasteiger partial charge >= 0.3 is 0 Å². The maximum Gasteiger partial charge on any atom is 0.191 e. The molecular formula is C20H27N3O2S. The van der Waals surface area contributed by atoms with Crippen LogP contribution >= 0.6 is 0 Å². The second kappa shape index (κ2) is 9.97. The summed E-state index contributed by atoms with van der Waals surface area (Å²) < 4.78 is 24.5. The van der Waals surface area contributed by atoms with Crippen LogP contribution in [0.1, 0.15) is 24.5 Å². The van der Waals surface area contributed by atoms with Gasteiger partial charge in [-0.2, -0.15) is 0 Å². The van der Waals surface area contributed by atoms with Gasteiger partial charge in [-0.1, -0.05) is 48.0 Å². The highest BCUT2D eigenvalue weighted by Gasteiger charge is 2.13. The molecule has 26 heavy (non-hydrogen) atoms. The molecule has 2 N–H and O–H groups in total. The lowest BCUT2D eigenvalue weighted by Gasteiger charge is -2.11. The van der Waals surface area contributed by atoms with Crippen LogP contribution in [0.5, 0.6) is 0 Å². The molecule has 0 amide bonds. The van der Waals surface area contributed by atoms with Crippen LogP contribution in [0.3, 0.4) is 0 Å². The summed E-state index contributed by atoms with van der Waals surface area (Å²) in [7, 11) is -3.23. The van der Waals surface area contributed by atoms with Crippen molar-refractivity contribution in [1.82, 2.24) is 10.6 Å². The highest BCUT2D eigenvalue weighted by atomic mass is 32.2. The maximum atomic E-state index is 12.3. The Kier molecular flexibility index (Phi) is 7.66. The van der Waals surface area contributed by atoms with Gasteiger partial charge in [0.05, 0.1) is 17.2 Å². The molecule has 0 saturated carbocycles. The summed E-state index contributed by atoms with van der Waals surface area (Å²) in [6.45, 7) is 5.95. The maximum absolute atomic E-state index is 12.3.